The van der Waals surface area contributed by atoms with Crippen LogP contribution in [0.15, 0.2) is 60.7 Å². The molecular formula is C23H21NO5. The summed E-state index contributed by atoms with van der Waals surface area (Å²) in [5.74, 6) is -0.346. The highest BCUT2D eigenvalue weighted by Crippen LogP contribution is 2.35. The number of amides is 1. The molecule has 3 aromatic carbocycles. The molecule has 0 unspecified atom stereocenters. The van der Waals surface area contributed by atoms with Crippen molar-refractivity contribution in [3.63, 3.8) is 0 Å². The molecule has 3 aromatic rings. The highest BCUT2D eigenvalue weighted by atomic mass is 16.5. The molecule has 6 heteroatoms. The number of ether oxygens (including phenoxy) is 2. The van der Waals surface area contributed by atoms with E-state index < -0.39 is 5.97 Å². The number of hydrogen-bond donors (Lipinski definition) is 2. The Morgan fingerprint density at radius 3 is 2.21 bits per heavy atom. The fraction of sp³-hybridized carbons (Fsp3) is 0.130. The van der Waals surface area contributed by atoms with Gasteiger partial charge in [0.1, 0.15) is 0 Å². The van der Waals surface area contributed by atoms with E-state index in [0.717, 1.165) is 16.7 Å². The van der Waals surface area contributed by atoms with Crippen LogP contribution >= 0.6 is 0 Å². The second-order valence-electron chi connectivity index (χ2n) is 6.41. The van der Waals surface area contributed by atoms with Crippen LogP contribution < -0.4 is 14.8 Å². The molecule has 0 aliphatic rings. The molecule has 0 spiro atoms. The van der Waals surface area contributed by atoms with Crippen LogP contribution in [-0.4, -0.2) is 31.2 Å². The van der Waals surface area contributed by atoms with Crippen LogP contribution in [0.4, 0.5) is 5.69 Å². The molecule has 2 N–H and O–H groups in total. The minimum absolute atomic E-state index is 0.0241. The average molecular weight is 391 g/mol. The molecule has 0 radical (unpaired) electrons. The second kappa shape index (κ2) is 8.48. The second-order valence-corrected chi connectivity index (χ2v) is 6.41. The molecule has 0 aliphatic heterocycles. The van der Waals surface area contributed by atoms with E-state index in [4.69, 9.17) is 9.47 Å². The van der Waals surface area contributed by atoms with E-state index in [0.29, 0.717) is 17.1 Å². The van der Waals surface area contributed by atoms with Crippen LogP contribution in [0.1, 0.15) is 26.3 Å². The molecular weight excluding hydrogens is 370 g/mol. The van der Waals surface area contributed by atoms with Crippen LogP contribution in [0.3, 0.4) is 0 Å². The van der Waals surface area contributed by atoms with Crippen molar-refractivity contribution in [3.05, 3.63) is 77.4 Å². The first-order valence-electron chi connectivity index (χ1n) is 8.91. The molecule has 0 bridgehead atoms. The van der Waals surface area contributed by atoms with E-state index >= 15 is 0 Å². The van der Waals surface area contributed by atoms with Crippen LogP contribution in [-0.2, 0) is 0 Å². The first-order chi connectivity index (χ1) is 13.9. The molecule has 148 valence electrons. The quantitative estimate of drug-likeness (QED) is 0.640. The lowest BCUT2D eigenvalue weighted by Gasteiger charge is -2.15. The molecule has 0 heterocycles. The number of nitrogens with one attached hydrogen (secondary N) is 1. The van der Waals surface area contributed by atoms with Gasteiger partial charge in [-0.1, -0.05) is 24.3 Å². The minimum Gasteiger partial charge on any atom is -0.493 e. The van der Waals surface area contributed by atoms with Crippen molar-refractivity contribution < 1.29 is 24.2 Å². The summed E-state index contributed by atoms with van der Waals surface area (Å²) < 4.78 is 10.6. The molecule has 29 heavy (non-hydrogen) atoms. The lowest BCUT2D eigenvalue weighted by atomic mass is 9.96. The van der Waals surface area contributed by atoms with Crippen molar-refractivity contribution in [1.82, 2.24) is 0 Å². The van der Waals surface area contributed by atoms with Gasteiger partial charge in [-0.2, -0.15) is 0 Å². The zero-order chi connectivity index (χ0) is 21.0. The van der Waals surface area contributed by atoms with E-state index in [1.165, 1.54) is 0 Å². The number of carbonyl (C=O) groups is 2. The van der Waals surface area contributed by atoms with Crippen LogP contribution in [0.2, 0.25) is 0 Å². The number of rotatable bonds is 6. The summed E-state index contributed by atoms with van der Waals surface area (Å²) in [6.07, 6.45) is 0. The third-order valence-electron chi connectivity index (χ3n) is 4.57. The van der Waals surface area contributed by atoms with E-state index in [2.05, 4.69) is 5.32 Å². The zero-order valence-corrected chi connectivity index (χ0v) is 16.4. The smallest absolute Gasteiger partial charge is 0.337 e. The Bertz CT molecular complexity index is 1060. The number of methoxy groups -OCH3 is 2. The number of aromatic carboxylic acids is 1. The van der Waals surface area contributed by atoms with Gasteiger partial charge in [-0.25, -0.2) is 4.79 Å². The molecule has 6 nitrogen and oxygen atoms in total. The van der Waals surface area contributed by atoms with Gasteiger partial charge < -0.3 is 19.9 Å². The van der Waals surface area contributed by atoms with E-state index in [1.807, 2.05) is 19.1 Å². The molecule has 0 aromatic heterocycles. The van der Waals surface area contributed by atoms with Crippen molar-refractivity contribution in [2.45, 2.75) is 6.92 Å². The van der Waals surface area contributed by atoms with Gasteiger partial charge in [0.15, 0.2) is 11.5 Å². The highest BCUT2D eigenvalue weighted by molar-refractivity contribution is 6.08. The molecule has 3 rings (SSSR count). The number of carboxylic acid groups (broad SMARTS) is 1. The maximum Gasteiger partial charge on any atom is 0.337 e. The summed E-state index contributed by atoms with van der Waals surface area (Å²) in [6, 6.07) is 17.3. The standard InChI is InChI=1S/C23H21NO5/c1-14-11-18(23(26)27)19(24-22(25)15-7-5-4-6-8-15)13-17(14)16-9-10-20(28-2)21(12-16)29-3/h4-13H,1-3H3,(H,24,25)(H,26,27). The number of hydrogen-bond acceptors (Lipinski definition) is 4. The van der Waals surface area contributed by atoms with E-state index in [9.17, 15) is 14.7 Å². The Balaban J connectivity index is 2.07. The average Bonchev–Trinajstić information content (AvgIpc) is 2.74. The van der Waals surface area contributed by atoms with Crippen molar-refractivity contribution in [3.8, 4) is 22.6 Å². The number of anilines is 1. The SMILES string of the molecule is COc1ccc(-c2cc(NC(=O)c3ccccc3)c(C(=O)O)cc2C)cc1OC. The number of carboxylic acids is 1. The summed E-state index contributed by atoms with van der Waals surface area (Å²) in [5.41, 5.74) is 3.04. The summed E-state index contributed by atoms with van der Waals surface area (Å²) in [4.78, 5) is 24.3. The summed E-state index contributed by atoms with van der Waals surface area (Å²) in [7, 11) is 3.11. The molecule has 0 fully saturated rings. The topological polar surface area (TPSA) is 84.9 Å². The van der Waals surface area contributed by atoms with E-state index in [-0.39, 0.29) is 17.2 Å². The van der Waals surface area contributed by atoms with Gasteiger partial charge in [0.25, 0.3) is 5.91 Å². The summed E-state index contributed by atoms with van der Waals surface area (Å²) in [6.45, 7) is 1.82. The summed E-state index contributed by atoms with van der Waals surface area (Å²) in [5, 5.41) is 12.3. The van der Waals surface area contributed by atoms with Gasteiger partial charge in [0.05, 0.1) is 25.5 Å². The Morgan fingerprint density at radius 1 is 0.897 bits per heavy atom. The van der Waals surface area contributed by atoms with Gasteiger partial charge >= 0.3 is 5.97 Å². The van der Waals surface area contributed by atoms with Gasteiger partial charge in [0, 0.05) is 5.56 Å². The van der Waals surface area contributed by atoms with Crippen LogP contribution in [0.5, 0.6) is 11.5 Å². The number of benzene rings is 3. The lowest BCUT2D eigenvalue weighted by molar-refractivity contribution is 0.0698. The van der Waals surface area contributed by atoms with Gasteiger partial charge in [-0.3, -0.25) is 4.79 Å². The van der Waals surface area contributed by atoms with E-state index in [1.54, 1.807) is 62.8 Å². The fourth-order valence-electron chi connectivity index (χ4n) is 3.09. The van der Waals surface area contributed by atoms with Gasteiger partial charge in [-0.05, 0) is 60.0 Å². The predicted molar refractivity (Wildman–Crippen MR) is 111 cm³/mol. The summed E-state index contributed by atoms with van der Waals surface area (Å²) >= 11 is 0. The first kappa shape index (κ1) is 19.9. The first-order valence-corrected chi connectivity index (χ1v) is 8.91. The zero-order valence-electron chi connectivity index (χ0n) is 16.4. The Morgan fingerprint density at radius 2 is 1.59 bits per heavy atom. The van der Waals surface area contributed by atoms with Crippen molar-refractivity contribution in [2.75, 3.05) is 19.5 Å². The fourth-order valence-corrected chi connectivity index (χ4v) is 3.09. The number of carbonyl (C=O) groups excluding carboxylic acids is 1. The lowest BCUT2D eigenvalue weighted by Crippen LogP contribution is -2.15. The third-order valence-corrected chi connectivity index (χ3v) is 4.57. The Labute approximate surface area is 168 Å². The largest absolute Gasteiger partial charge is 0.493 e. The molecule has 0 saturated carbocycles. The third kappa shape index (κ3) is 4.21. The normalized spacial score (nSPS) is 10.3. The van der Waals surface area contributed by atoms with Crippen LogP contribution in [0, 0.1) is 6.92 Å². The minimum atomic E-state index is -1.12. The Kier molecular flexibility index (Phi) is 5.83. The molecule has 0 aliphatic carbocycles. The van der Waals surface area contributed by atoms with Crippen molar-refractivity contribution in [2.24, 2.45) is 0 Å². The highest BCUT2D eigenvalue weighted by Gasteiger charge is 2.18. The molecule has 1 amide bonds. The predicted octanol–water partition coefficient (Wildman–Crippen LogP) is 4.63. The maximum atomic E-state index is 12.6. The Hall–Kier alpha value is -3.80. The van der Waals surface area contributed by atoms with Gasteiger partial charge in [-0.15, -0.1) is 0 Å². The maximum absolute atomic E-state index is 12.6. The van der Waals surface area contributed by atoms with Crippen molar-refractivity contribution in [1.29, 1.82) is 0 Å². The van der Waals surface area contributed by atoms with Crippen molar-refractivity contribution >= 4 is 17.6 Å². The molecule has 0 atom stereocenters. The number of aryl methyl sites for hydroxylation is 1. The monoisotopic (exact) mass is 391 g/mol. The van der Waals surface area contributed by atoms with Gasteiger partial charge in [0.2, 0.25) is 0 Å². The van der Waals surface area contributed by atoms with Crippen LogP contribution in [0.25, 0.3) is 11.1 Å². The molecule has 0 saturated heterocycles.